The average Bonchev–Trinajstić information content (AvgIpc) is 2.21. The Hall–Kier alpha value is -0.780. The number of rotatable bonds is 8. The van der Waals surface area contributed by atoms with E-state index in [1.165, 1.54) is 25.7 Å². The van der Waals surface area contributed by atoms with E-state index >= 15 is 0 Å². The zero-order valence-corrected chi connectivity index (χ0v) is 9.41. The van der Waals surface area contributed by atoms with Crippen LogP contribution in [0.15, 0.2) is 36.5 Å². The topological polar surface area (TPSA) is 0 Å². The first-order chi connectivity index (χ1) is 6.91. The standard InChI is InChI=1S/C14H23/c1-3-5-7-9-11-13-14-12-10-8-6-4-2/h7,9,11-14H,1,3-6,8,10H2,2H3. The van der Waals surface area contributed by atoms with Crippen molar-refractivity contribution in [2.45, 2.75) is 45.4 Å². The van der Waals surface area contributed by atoms with E-state index in [2.05, 4.69) is 50.3 Å². The predicted octanol–water partition coefficient (Wildman–Crippen LogP) is 4.85. The lowest BCUT2D eigenvalue weighted by Gasteiger charge is -1.89. The van der Waals surface area contributed by atoms with E-state index in [4.69, 9.17) is 0 Å². The fourth-order valence-corrected chi connectivity index (χ4v) is 1.11. The van der Waals surface area contributed by atoms with Crippen LogP contribution in [-0.4, -0.2) is 0 Å². The van der Waals surface area contributed by atoms with Gasteiger partial charge in [-0.05, 0) is 25.7 Å². The molecule has 0 aromatic rings. The minimum Gasteiger partial charge on any atom is -0.0845 e. The first-order valence-corrected chi connectivity index (χ1v) is 5.69. The fourth-order valence-electron chi connectivity index (χ4n) is 1.11. The van der Waals surface area contributed by atoms with Gasteiger partial charge in [0, 0.05) is 0 Å². The number of hydrogen-bond donors (Lipinski definition) is 0. The predicted molar refractivity (Wildman–Crippen MR) is 66.2 cm³/mol. The lowest BCUT2D eigenvalue weighted by atomic mass is 10.2. The Bertz CT molecular complexity index is 172. The molecule has 0 aromatic heterocycles. The molecule has 0 atom stereocenters. The summed E-state index contributed by atoms with van der Waals surface area (Å²) in [4.78, 5) is 0. The van der Waals surface area contributed by atoms with Crippen molar-refractivity contribution >= 4 is 0 Å². The monoisotopic (exact) mass is 191 g/mol. The maximum atomic E-state index is 3.77. The van der Waals surface area contributed by atoms with Crippen molar-refractivity contribution in [1.29, 1.82) is 0 Å². The highest BCUT2D eigenvalue weighted by Gasteiger charge is 1.79. The highest BCUT2D eigenvalue weighted by Crippen LogP contribution is 1.99. The van der Waals surface area contributed by atoms with E-state index in [0.717, 1.165) is 12.8 Å². The van der Waals surface area contributed by atoms with Gasteiger partial charge in [0.15, 0.2) is 0 Å². The van der Waals surface area contributed by atoms with E-state index in [-0.39, 0.29) is 0 Å². The Balaban J connectivity index is 3.31. The summed E-state index contributed by atoms with van der Waals surface area (Å²) in [6, 6.07) is 0. The van der Waals surface area contributed by atoms with Crippen LogP contribution in [0, 0.1) is 6.92 Å². The molecule has 0 fully saturated rings. The first-order valence-electron chi connectivity index (χ1n) is 5.69. The maximum Gasteiger partial charge on any atom is -0.0348 e. The third kappa shape index (κ3) is 11.2. The molecule has 0 aliphatic rings. The first kappa shape index (κ1) is 13.2. The lowest BCUT2D eigenvalue weighted by Crippen LogP contribution is -1.69. The van der Waals surface area contributed by atoms with Crippen molar-refractivity contribution in [3.8, 4) is 0 Å². The summed E-state index contributed by atoms with van der Waals surface area (Å²) < 4.78 is 0. The molecule has 0 unspecified atom stereocenters. The average molecular weight is 191 g/mol. The second-order valence-corrected chi connectivity index (χ2v) is 3.38. The van der Waals surface area contributed by atoms with E-state index in [9.17, 15) is 0 Å². The van der Waals surface area contributed by atoms with Crippen molar-refractivity contribution in [1.82, 2.24) is 0 Å². The van der Waals surface area contributed by atoms with E-state index in [0.29, 0.717) is 0 Å². The van der Waals surface area contributed by atoms with Gasteiger partial charge in [-0.2, -0.15) is 0 Å². The van der Waals surface area contributed by atoms with Crippen molar-refractivity contribution in [2.75, 3.05) is 0 Å². The number of allylic oxidation sites excluding steroid dienone is 6. The Morgan fingerprint density at radius 2 is 1.50 bits per heavy atom. The zero-order valence-electron chi connectivity index (χ0n) is 9.41. The highest BCUT2D eigenvalue weighted by molar-refractivity contribution is 5.10. The third-order valence-corrected chi connectivity index (χ3v) is 1.95. The van der Waals surface area contributed by atoms with Gasteiger partial charge >= 0.3 is 0 Å². The molecule has 0 rings (SSSR count). The normalized spacial score (nSPS) is 12.4. The molecule has 0 spiro atoms. The molecule has 0 heterocycles. The van der Waals surface area contributed by atoms with Crippen LogP contribution in [0.1, 0.15) is 45.4 Å². The van der Waals surface area contributed by atoms with Crippen LogP contribution >= 0.6 is 0 Å². The van der Waals surface area contributed by atoms with Gasteiger partial charge in [0.05, 0.1) is 0 Å². The molecule has 14 heavy (non-hydrogen) atoms. The van der Waals surface area contributed by atoms with Gasteiger partial charge < -0.3 is 0 Å². The van der Waals surface area contributed by atoms with Crippen LogP contribution in [0.4, 0.5) is 0 Å². The quantitative estimate of drug-likeness (QED) is 0.380. The van der Waals surface area contributed by atoms with Gasteiger partial charge in [0.2, 0.25) is 0 Å². The smallest absolute Gasteiger partial charge is 0.0348 e. The number of hydrogen-bond acceptors (Lipinski definition) is 0. The summed E-state index contributed by atoms with van der Waals surface area (Å²) in [7, 11) is 0. The largest absolute Gasteiger partial charge is 0.0845 e. The SMILES string of the molecule is [CH2]CCC=CC=CC=CCCCCC. The molecule has 1 radical (unpaired) electrons. The lowest BCUT2D eigenvalue weighted by molar-refractivity contribution is 0.729. The molecular formula is C14H23. The van der Waals surface area contributed by atoms with Crippen molar-refractivity contribution < 1.29 is 0 Å². The highest BCUT2D eigenvalue weighted by atomic mass is 13.9. The van der Waals surface area contributed by atoms with Crippen molar-refractivity contribution in [3.63, 3.8) is 0 Å². The molecule has 0 saturated carbocycles. The van der Waals surface area contributed by atoms with Crippen LogP contribution in [-0.2, 0) is 0 Å². The fraction of sp³-hybridized carbons (Fsp3) is 0.500. The summed E-state index contributed by atoms with van der Waals surface area (Å²) in [5, 5.41) is 0. The van der Waals surface area contributed by atoms with Crippen LogP contribution in [0.3, 0.4) is 0 Å². The molecule has 79 valence electrons. The molecule has 0 aromatic carbocycles. The van der Waals surface area contributed by atoms with Crippen LogP contribution < -0.4 is 0 Å². The minimum absolute atomic E-state index is 0.983. The second kappa shape index (κ2) is 12.2. The number of unbranched alkanes of at least 4 members (excludes halogenated alkanes) is 4. The summed E-state index contributed by atoms with van der Waals surface area (Å²) in [5.41, 5.74) is 0. The minimum atomic E-state index is 0.983. The molecule has 0 N–H and O–H groups in total. The third-order valence-electron chi connectivity index (χ3n) is 1.95. The molecule has 0 bridgehead atoms. The van der Waals surface area contributed by atoms with Crippen molar-refractivity contribution in [2.24, 2.45) is 0 Å². The van der Waals surface area contributed by atoms with Crippen LogP contribution in [0.2, 0.25) is 0 Å². The van der Waals surface area contributed by atoms with Gasteiger partial charge in [-0.25, -0.2) is 0 Å². The van der Waals surface area contributed by atoms with E-state index in [1.807, 2.05) is 0 Å². The molecule has 0 aliphatic heterocycles. The molecule has 0 nitrogen and oxygen atoms in total. The summed E-state index contributed by atoms with van der Waals surface area (Å²) in [6.07, 6.45) is 20.0. The second-order valence-electron chi connectivity index (χ2n) is 3.38. The summed E-state index contributed by atoms with van der Waals surface area (Å²) >= 11 is 0. The Morgan fingerprint density at radius 1 is 0.857 bits per heavy atom. The molecule has 0 aliphatic carbocycles. The summed E-state index contributed by atoms with van der Waals surface area (Å²) in [5.74, 6) is 0. The Kier molecular flexibility index (Phi) is 11.5. The molecule has 0 saturated heterocycles. The Morgan fingerprint density at radius 3 is 2.07 bits per heavy atom. The molecular weight excluding hydrogens is 168 g/mol. The Labute approximate surface area is 89.4 Å². The maximum absolute atomic E-state index is 3.77. The van der Waals surface area contributed by atoms with Gasteiger partial charge in [0.1, 0.15) is 0 Å². The van der Waals surface area contributed by atoms with Gasteiger partial charge in [-0.15, -0.1) is 0 Å². The zero-order chi connectivity index (χ0) is 10.5. The van der Waals surface area contributed by atoms with Gasteiger partial charge in [0.25, 0.3) is 0 Å². The van der Waals surface area contributed by atoms with E-state index in [1.54, 1.807) is 0 Å². The van der Waals surface area contributed by atoms with Crippen LogP contribution in [0.5, 0.6) is 0 Å². The van der Waals surface area contributed by atoms with Gasteiger partial charge in [-0.1, -0.05) is 63.1 Å². The summed E-state index contributed by atoms with van der Waals surface area (Å²) in [6.45, 7) is 6.01. The van der Waals surface area contributed by atoms with Gasteiger partial charge in [-0.3, -0.25) is 0 Å². The molecule has 0 heteroatoms. The van der Waals surface area contributed by atoms with Crippen LogP contribution in [0.25, 0.3) is 0 Å². The molecule has 0 amide bonds. The van der Waals surface area contributed by atoms with Crippen molar-refractivity contribution in [3.05, 3.63) is 43.4 Å². The van der Waals surface area contributed by atoms with E-state index < -0.39 is 0 Å².